The van der Waals surface area contributed by atoms with Gasteiger partial charge in [-0.2, -0.15) is 0 Å². The first kappa shape index (κ1) is 24.3. The molecule has 8 nitrogen and oxygen atoms in total. The third-order valence-electron chi connectivity index (χ3n) is 5.92. The summed E-state index contributed by atoms with van der Waals surface area (Å²) in [7, 11) is -2.36. The van der Waals surface area contributed by atoms with E-state index in [2.05, 4.69) is 10.0 Å². The lowest BCUT2D eigenvalue weighted by Gasteiger charge is -2.16. The number of carbonyl (C=O) groups is 2. The number of aryl methyl sites for hydroxylation is 1. The van der Waals surface area contributed by atoms with E-state index in [9.17, 15) is 18.0 Å². The zero-order valence-corrected chi connectivity index (χ0v) is 20.6. The maximum atomic E-state index is 13.0. The fourth-order valence-corrected chi connectivity index (χ4v) is 5.36. The molecule has 4 rings (SSSR count). The van der Waals surface area contributed by atoms with E-state index in [1.54, 1.807) is 66.4 Å². The van der Waals surface area contributed by atoms with Crippen LogP contribution in [0.3, 0.4) is 0 Å². The largest absolute Gasteiger partial charge is 0.497 e. The standard InChI is InChI=1S/C26H27N3O5S/c1-4-25(30)29-14-13-18-15-19(6-12-23(18)29)26(31)27-21-7-5-17(2)24(16-21)35(32,33)28-20-8-10-22(34-3)11-9-20/h5-12,15-16,28H,4,13-14H2,1-3H3,(H,27,31). The first-order chi connectivity index (χ1) is 16.7. The van der Waals surface area contributed by atoms with Gasteiger partial charge in [0.15, 0.2) is 0 Å². The fourth-order valence-electron chi connectivity index (χ4n) is 4.03. The Labute approximate surface area is 205 Å². The Kier molecular flexibility index (Phi) is 6.79. The minimum Gasteiger partial charge on any atom is -0.497 e. The minimum absolute atomic E-state index is 0.0533. The molecule has 0 unspecified atom stereocenters. The summed E-state index contributed by atoms with van der Waals surface area (Å²) in [6.45, 7) is 4.12. The summed E-state index contributed by atoms with van der Waals surface area (Å²) in [6.07, 6.45) is 1.11. The van der Waals surface area contributed by atoms with Crippen molar-refractivity contribution in [3.8, 4) is 5.75 Å². The van der Waals surface area contributed by atoms with Crippen molar-refractivity contribution in [2.45, 2.75) is 31.6 Å². The van der Waals surface area contributed by atoms with Crippen LogP contribution in [0.2, 0.25) is 0 Å². The Morgan fingerprint density at radius 1 is 1.00 bits per heavy atom. The molecule has 0 fully saturated rings. The molecule has 2 amide bonds. The van der Waals surface area contributed by atoms with Gasteiger partial charge < -0.3 is 15.0 Å². The zero-order valence-electron chi connectivity index (χ0n) is 19.8. The first-order valence-electron chi connectivity index (χ1n) is 11.2. The number of hydrogen-bond acceptors (Lipinski definition) is 5. The maximum Gasteiger partial charge on any atom is 0.262 e. The number of methoxy groups -OCH3 is 1. The lowest BCUT2D eigenvalue weighted by Crippen LogP contribution is -2.27. The first-order valence-corrected chi connectivity index (χ1v) is 12.7. The van der Waals surface area contributed by atoms with E-state index in [0.717, 1.165) is 11.3 Å². The van der Waals surface area contributed by atoms with Crippen LogP contribution in [-0.4, -0.2) is 33.9 Å². The highest BCUT2D eigenvalue weighted by Gasteiger charge is 2.25. The summed E-state index contributed by atoms with van der Waals surface area (Å²) in [5.74, 6) is 0.311. The molecule has 0 aromatic heterocycles. The van der Waals surface area contributed by atoms with Crippen LogP contribution in [0.1, 0.15) is 34.8 Å². The van der Waals surface area contributed by atoms with Gasteiger partial charge >= 0.3 is 0 Å². The number of nitrogens with one attached hydrogen (secondary N) is 2. The summed E-state index contributed by atoms with van der Waals surface area (Å²) >= 11 is 0. The molecule has 0 bridgehead atoms. The monoisotopic (exact) mass is 493 g/mol. The van der Waals surface area contributed by atoms with E-state index in [1.807, 2.05) is 6.92 Å². The summed E-state index contributed by atoms with van der Waals surface area (Å²) in [6, 6.07) is 16.5. The molecule has 182 valence electrons. The predicted molar refractivity (Wildman–Crippen MR) is 136 cm³/mol. The molecule has 0 saturated carbocycles. The molecular weight excluding hydrogens is 466 g/mol. The molecule has 1 aliphatic rings. The molecule has 0 radical (unpaired) electrons. The van der Waals surface area contributed by atoms with E-state index < -0.39 is 10.0 Å². The van der Waals surface area contributed by atoms with Crippen molar-refractivity contribution in [2.24, 2.45) is 0 Å². The normalized spacial score (nSPS) is 12.7. The molecule has 1 aliphatic heterocycles. The summed E-state index contributed by atoms with van der Waals surface area (Å²) in [5, 5.41) is 2.78. The Hall–Kier alpha value is -3.85. The molecule has 0 saturated heterocycles. The number of ether oxygens (including phenoxy) is 1. The summed E-state index contributed by atoms with van der Waals surface area (Å²) in [4.78, 5) is 26.8. The SMILES string of the molecule is CCC(=O)N1CCc2cc(C(=O)Nc3ccc(C)c(S(=O)(=O)Nc4ccc(OC)cc4)c3)ccc21. The number of benzene rings is 3. The molecule has 2 N–H and O–H groups in total. The number of nitrogens with zero attached hydrogens (tertiary/aromatic N) is 1. The lowest BCUT2D eigenvalue weighted by molar-refractivity contribution is -0.118. The van der Waals surface area contributed by atoms with E-state index in [-0.39, 0.29) is 16.7 Å². The number of carbonyl (C=O) groups excluding carboxylic acids is 2. The highest BCUT2D eigenvalue weighted by molar-refractivity contribution is 7.92. The van der Waals surface area contributed by atoms with Gasteiger partial charge in [0.1, 0.15) is 5.75 Å². The van der Waals surface area contributed by atoms with Crippen molar-refractivity contribution in [3.63, 3.8) is 0 Å². The molecule has 0 aliphatic carbocycles. The summed E-state index contributed by atoms with van der Waals surface area (Å²) in [5.41, 5.74) is 3.52. The molecule has 0 atom stereocenters. The van der Waals surface area contributed by atoms with Gasteiger partial charge in [0.25, 0.3) is 15.9 Å². The van der Waals surface area contributed by atoms with Gasteiger partial charge in [0.05, 0.1) is 12.0 Å². The van der Waals surface area contributed by atoms with E-state index in [1.165, 1.54) is 13.2 Å². The predicted octanol–water partition coefficient (Wildman–Crippen LogP) is 4.36. The number of anilines is 3. The van der Waals surface area contributed by atoms with Crippen LogP contribution in [0.15, 0.2) is 65.6 Å². The smallest absolute Gasteiger partial charge is 0.262 e. The second kappa shape index (κ2) is 9.79. The van der Waals surface area contributed by atoms with Crippen LogP contribution in [0.25, 0.3) is 0 Å². The van der Waals surface area contributed by atoms with Gasteiger partial charge in [-0.3, -0.25) is 14.3 Å². The molecule has 3 aromatic carbocycles. The fraction of sp³-hybridized carbons (Fsp3) is 0.231. The zero-order chi connectivity index (χ0) is 25.2. The van der Waals surface area contributed by atoms with Crippen molar-refractivity contribution < 1.29 is 22.7 Å². The second-order valence-electron chi connectivity index (χ2n) is 8.26. The number of hydrogen-bond donors (Lipinski definition) is 2. The highest BCUT2D eigenvalue weighted by atomic mass is 32.2. The molecule has 0 spiro atoms. The Bertz CT molecular complexity index is 1380. The Morgan fingerprint density at radius 3 is 2.40 bits per heavy atom. The third-order valence-corrected chi connectivity index (χ3v) is 7.44. The number of amides is 2. The number of rotatable bonds is 7. The molecule has 1 heterocycles. The molecule has 3 aromatic rings. The minimum atomic E-state index is -3.89. The quantitative estimate of drug-likeness (QED) is 0.509. The molecule has 9 heteroatoms. The molecule has 35 heavy (non-hydrogen) atoms. The molecular formula is C26H27N3O5S. The van der Waals surface area contributed by atoms with Crippen LogP contribution < -0.4 is 19.7 Å². The van der Waals surface area contributed by atoms with Crippen LogP contribution in [0.4, 0.5) is 17.1 Å². The van der Waals surface area contributed by atoms with Crippen LogP contribution in [0, 0.1) is 6.92 Å². The van der Waals surface area contributed by atoms with E-state index >= 15 is 0 Å². The second-order valence-corrected chi connectivity index (χ2v) is 9.91. The third kappa shape index (κ3) is 5.14. The van der Waals surface area contributed by atoms with Crippen molar-refractivity contribution in [1.82, 2.24) is 0 Å². The lowest BCUT2D eigenvalue weighted by atomic mass is 10.1. The Morgan fingerprint density at radius 2 is 1.71 bits per heavy atom. The van der Waals surface area contributed by atoms with Crippen LogP contribution in [0.5, 0.6) is 5.75 Å². The maximum absolute atomic E-state index is 13.0. The van der Waals surface area contributed by atoms with Crippen molar-refractivity contribution in [2.75, 3.05) is 28.6 Å². The van der Waals surface area contributed by atoms with E-state index in [0.29, 0.717) is 47.6 Å². The van der Waals surface area contributed by atoms with Crippen LogP contribution in [-0.2, 0) is 21.2 Å². The van der Waals surface area contributed by atoms with Gasteiger partial charge in [0, 0.05) is 35.6 Å². The van der Waals surface area contributed by atoms with Gasteiger partial charge in [-0.05, 0) is 79.1 Å². The van der Waals surface area contributed by atoms with Crippen LogP contribution >= 0.6 is 0 Å². The van der Waals surface area contributed by atoms with Crippen molar-refractivity contribution in [1.29, 1.82) is 0 Å². The number of sulfonamides is 1. The highest BCUT2D eigenvalue weighted by Crippen LogP contribution is 2.30. The van der Waals surface area contributed by atoms with E-state index in [4.69, 9.17) is 4.74 Å². The van der Waals surface area contributed by atoms with Gasteiger partial charge in [-0.1, -0.05) is 13.0 Å². The van der Waals surface area contributed by atoms with Gasteiger partial charge in [-0.25, -0.2) is 8.42 Å². The van der Waals surface area contributed by atoms with Crippen molar-refractivity contribution in [3.05, 3.63) is 77.4 Å². The van der Waals surface area contributed by atoms with Gasteiger partial charge in [0.2, 0.25) is 5.91 Å². The Balaban J connectivity index is 1.53. The summed E-state index contributed by atoms with van der Waals surface area (Å²) < 4.78 is 33.7. The number of fused-ring (bicyclic) bond motifs is 1. The average Bonchev–Trinajstić information content (AvgIpc) is 3.28. The topological polar surface area (TPSA) is 105 Å². The van der Waals surface area contributed by atoms with Crippen molar-refractivity contribution >= 4 is 38.9 Å². The average molecular weight is 494 g/mol. The van der Waals surface area contributed by atoms with Gasteiger partial charge in [-0.15, -0.1) is 0 Å².